The first-order valence-corrected chi connectivity index (χ1v) is 7.37. The SMILES string of the molecule is CC(C)OC(OC(C)C)[SiH2]CBr. The van der Waals surface area contributed by atoms with Gasteiger partial charge in [0.1, 0.15) is 15.4 Å². The monoisotopic (exact) mass is 254 g/mol. The summed E-state index contributed by atoms with van der Waals surface area (Å²) in [5.74, 6) is 0.0735. The number of alkyl halides is 1. The van der Waals surface area contributed by atoms with Crippen molar-refractivity contribution in [3.05, 3.63) is 0 Å². The summed E-state index contributed by atoms with van der Waals surface area (Å²) in [6.45, 7) is 8.16. The van der Waals surface area contributed by atoms with Gasteiger partial charge in [0.2, 0.25) is 0 Å². The number of hydrogen-bond donors (Lipinski definition) is 0. The molecule has 0 saturated heterocycles. The molecular formula is C8H19BrO2Si. The van der Waals surface area contributed by atoms with Gasteiger partial charge in [0.25, 0.3) is 0 Å². The maximum absolute atomic E-state index is 5.61. The van der Waals surface area contributed by atoms with E-state index in [0.29, 0.717) is 0 Å². The summed E-state index contributed by atoms with van der Waals surface area (Å²) >= 11 is 3.43. The van der Waals surface area contributed by atoms with Gasteiger partial charge in [0.05, 0.1) is 12.2 Å². The molecule has 0 bridgehead atoms. The van der Waals surface area contributed by atoms with Gasteiger partial charge in [-0.05, 0) is 32.6 Å². The Hall–Kier alpha value is 0.617. The Morgan fingerprint density at radius 3 is 1.75 bits per heavy atom. The van der Waals surface area contributed by atoms with Crippen LogP contribution in [0.2, 0.25) is 0 Å². The number of rotatable bonds is 6. The Morgan fingerprint density at radius 2 is 1.50 bits per heavy atom. The van der Waals surface area contributed by atoms with Crippen molar-refractivity contribution in [3.63, 3.8) is 0 Å². The number of halogens is 1. The summed E-state index contributed by atoms with van der Waals surface area (Å²) < 4.78 is 11.2. The highest BCUT2D eigenvalue weighted by atomic mass is 79.9. The summed E-state index contributed by atoms with van der Waals surface area (Å²) in [5.41, 5.74) is 0. The molecule has 0 rings (SSSR count). The van der Waals surface area contributed by atoms with Crippen LogP contribution < -0.4 is 0 Å². The van der Waals surface area contributed by atoms with Gasteiger partial charge >= 0.3 is 0 Å². The highest BCUT2D eigenvalue weighted by Gasteiger charge is 2.12. The molecule has 2 nitrogen and oxygen atoms in total. The minimum Gasteiger partial charge on any atom is -0.354 e. The van der Waals surface area contributed by atoms with Crippen LogP contribution in [0.25, 0.3) is 0 Å². The summed E-state index contributed by atoms with van der Waals surface area (Å²) in [5, 5.41) is 0. The quantitative estimate of drug-likeness (QED) is 0.408. The van der Waals surface area contributed by atoms with Crippen LogP contribution >= 0.6 is 15.9 Å². The molecule has 0 aromatic carbocycles. The van der Waals surface area contributed by atoms with Crippen molar-refractivity contribution in [2.45, 2.75) is 45.8 Å². The van der Waals surface area contributed by atoms with Crippen molar-refractivity contribution >= 4 is 25.4 Å². The Kier molecular flexibility index (Phi) is 7.43. The Labute approximate surface area is 86.0 Å². The molecule has 4 heteroatoms. The zero-order chi connectivity index (χ0) is 9.56. The largest absolute Gasteiger partial charge is 0.354 e. The van der Waals surface area contributed by atoms with E-state index in [1.54, 1.807) is 0 Å². The average Bonchev–Trinajstić information content (AvgIpc) is 1.84. The van der Waals surface area contributed by atoms with Crippen LogP contribution in [0, 0.1) is 0 Å². The molecule has 0 atom stereocenters. The van der Waals surface area contributed by atoms with Crippen LogP contribution in [0.15, 0.2) is 0 Å². The molecule has 0 aliphatic rings. The Balaban J connectivity index is 3.69. The zero-order valence-corrected chi connectivity index (χ0v) is 11.3. The Morgan fingerprint density at radius 1 is 1.08 bits per heavy atom. The van der Waals surface area contributed by atoms with Crippen LogP contribution in [0.3, 0.4) is 0 Å². The van der Waals surface area contributed by atoms with E-state index < -0.39 is 0 Å². The highest BCUT2D eigenvalue weighted by Crippen LogP contribution is 2.03. The second-order valence-corrected chi connectivity index (χ2v) is 7.28. The van der Waals surface area contributed by atoms with Crippen LogP contribution in [0.4, 0.5) is 0 Å². The van der Waals surface area contributed by atoms with Crippen LogP contribution in [0.5, 0.6) is 0 Å². The molecule has 0 fully saturated rings. The third kappa shape index (κ3) is 7.28. The molecule has 0 heterocycles. The van der Waals surface area contributed by atoms with Crippen molar-refractivity contribution in [2.75, 3.05) is 4.95 Å². The molecule has 0 aromatic rings. The topological polar surface area (TPSA) is 18.5 Å². The van der Waals surface area contributed by atoms with Gasteiger partial charge in [-0.2, -0.15) is 0 Å². The fourth-order valence-corrected chi connectivity index (χ4v) is 3.21. The molecule has 0 aromatic heterocycles. The van der Waals surface area contributed by atoms with E-state index in [-0.39, 0.29) is 27.6 Å². The molecule has 0 N–H and O–H groups in total. The molecule has 0 aliphatic carbocycles. The maximum Gasteiger partial charge on any atom is 0.136 e. The van der Waals surface area contributed by atoms with E-state index >= 15 is 0 Å². The smallest absolute Gasteiger partial charge is 0.136 e. The van der Waals surface area contributed by atoms with Gasteiger partial charge in [0.15, 0.2) is 0 Å². The van der Waals surface area contributed by atoms with Gasteiger partial charge in [0, 0.05) is 0 Å². The van der Waals surface area contributed by atoms with E-state index in [1.807, 2.05) is 27.7 Å². The minimum atomic E-state index is -0.278. The summed E-state index contributed by atoms with van der Waals surface area (Å²) in [7, 11) is -0.278. The van der Waals surface area contributed by atoms with Crippen molar-refractivity contribution < 1.29 is 9.47 Å². The standard InChI is InChI=1S/C8H19BrO2Si/c1-6(2)10-8(12-5-9)11-7(3)4/h6-8H,5,12H2,1-4H3. The maximum atomic E-state index is 5.61. The molecule has 0 aliphatic heterocycles. The lowest BCUT2D eigenvalue weighted by Gasteiger charge is -2.22. The predicted octanol–water partition coefficient (Wildman–Crippen LogP) is 1.64. The van der Waals surface area contributed by atoms with Crippen LogP contribution in [-0.4, -0.2) is 32.6 Å². The first-order valence-electron chi connectivity index (χ1n) is 4.43. The second-order valence-electron chi connectivity index (χ2n) is 3.28. The minimum absolute atomic E-state index is 0.0735. The lowest BCUT2D eigenvalue weighted by Crippen LogP contribution is -2.31. The second kappa shape index (κ2) is 7.06. The van der Waals surface area contributed by atoms with E-state index in [4.69, 9.17) is 9.47 Å². The normalized spacial score (nSPS) is 13.0. The average molecular weight is 255 g/mol. The molecule has 0 unspecified atom stereocenters. The lowest BCUT2D eigenvalue weighted by atomic mass is 10.5. The Bertz CT molecular complexity index is 99.2. The molecular weight excluding hydrogens is 236 g/mol. The molecule has 0 spiro atoms. The number of ether oxygens (including phenoxy) is 2. The van der Waals surface area contributed by atoms with Gasteiger partial charge in [-0.1, -0.05) is 15.9 Å². The van der Waals surface area contributed by atoms with E-state index in [0.717, 1.165) is 4.95 Å². The van der Waals surface area contributed by atoms with Crippen LogP contribution in [0.1, 0.15) is 27.7 Å². The van der Waals surface area contributed by atoms with Gasteiger partial charge in [-0.15, -0.1) is 0 Å². The third-order valence-electron chi connectivity index (χ3n) is 1.19. The van der Waals surface area contributed by atoms with E-state index in [1.165, 1.54) is 0 Å². The lowest BCUT2D eigenvalue weighted by molar-refractivity contribution is -0.133. The molecule has 12 heavy (non-hydrogen) atoms. The molecule has 0 radical (unpaired) electrons. The molecule has 0 saturated carbocycles. The number of hydrogen-bond acceptors (Lipinski definition) is 2. The first-order chi connectivity index (χ1) is 5.56. The fourth-order valence-electron chi connectivity index (χ4n) is 0.864. The van der Waals surface area contributed by atoms with Gasteiger partial charge in [-0.3, -0.25) is 0 Å². The van der Waals surface area contributed by atoms with E-state index in [9.17, 15) is 0 Å². The van der Waals surface area contributed by atoms with E-state index in [2.05, 4.69) is 15.9 Å². The van der Waals surface area contributed by atoms with Crippen molar-refractivity contribution in [1.29, 1.82) is 0 Å². The third-order valence-corrected chi connectivity index (χ3v) is 3.64. The van der Waals surface area contributed by atoms with Crippen molar-refractivity contribution in [1.82, 2.24) is 0 Å². The van der Waals surface area contributed by atoms with Gasteiger partial charge in [-0.25, -0.2) is 0 Å². The van der Waals surface area contributed by atoms with Crippen molar-refractivity contribution in [3.8, 4) is 0 Å². The predicted molar refractivity (Wildman–Crippen MR) is 58.6 cm³/mol. The zero-order valence-electron chi connectivity index (χ0n) is 8.34. The molecule has 0 amide bonds. The van der Waals surface area contributed by atoms with Gasteiger partial charge < -0.3 is 9.47 Å². The molecule has 74 valence electrons. The van der Waals surface area contributed by atoms with Crippen molar-refractivity contribution in [2.24, 2.45) is 0 Å². The summed E-state index contributed by atoms with van der Waals surface area (Å²) in [4.78, 5) is 1.05. The highest BCUT2D eigenvalue weighted by molar-refractivity contribution is 9.09. The summed E-state index contributed by atoms with van der Waals surface area (Å²) in [6, 6.07) is 0. The first kappa shape index (κ1) is 12.6. The fraction of sp³-hybridized carbons (Fsp3) is 1.00. The van der Waals surface area contributed by atoms with Crippen LogP contribution in [-0.2, 0) is 9.47 Å². The summed E-state index contributed by atoms with van der Waals surface area (Å²) in [6.07, 6.45) is 0.528.